The zero-order valence-electron chi connectivity index (χ0n) is 53.4. The van der Waals surface area contributed by atoms with Crippen LogP contribution in [0.2, 0.25) is 0 Å². The first-order valence-electron chi connectivity index (χ1n) is 33.6. The number of benzene rings is 15. The van der Waals surface area contributed by atoms with Gasteiger partial charge in [-0.15, -0.1) is 0 Å². The van der Waals surface area contributed by atoms with Crippen molar-refractivity contribution in [1.29, 1.82) is 0 Å². The molecule has 4 heterocycles. The van der Waals surface area contributed by atoms with Crippen molar-refractivity contribution in [3.63, 3.8) is 0 Å². The quantitative estimate of drug-likeness (QED) is 0.112. The van der Waals surface area contributed by atoms with Gasteiger partial charge in [0.05, 0.1) is 11.4 Å². The molecule has 8 heteroatoms. The van der Waals surface area contributed by atoms with Gasteiger partial charge in [-0.25, -0.2) is 0 Å². The molecule has 0 fully saturated rings. The van der Waals surface area contributed by atoms with Crippen molar-refractivity contribution in [2.45, 2.75) is 19.6 Å². The van der Waals surface area contributed by atoms with Gasteiger partial charge in [-0.3, -0.25) is 0 Å². The van der Waals surface area contributed by atoms with E-state index >= 15 is 0 Å². The highest BCUT2D eigenvalue weighted by Gasteiger charge is 2.46. The Morgan fingerprint density at radius 1 is 0.224 bits per heavy atom. The molecule has 0 aliphatic carbocycles. The summed E-state index contributed by atoms with van der Waals surface area (Å²) in [7, 11) is 0. The average Bonchev–Trinajstić information content (AvgIpc) is 0.698. The Balaban J connectivity index is 0.853. The molecule has 15 aromatic carbocycles. The van der Waals surface area contributed by atoms with Crippen molar-refractivity contribution in [3.8, 4) is 44.5 Å². The lowest BCUT2D eigenvalue weighted by atomic mass is 9.32. The Labute approximate surface area is 581 Å². The second kappa shape index (κ2) is 24.2. The van der Waals surface area contributed by atoms with E-state index in [1.165, 1.54) is 75.1 Å². The maximum atomic E-state index is 2.64. The molecule has 4 aliphatic rings. The Bertz CT molecular complexity index is 5080. The van der Waals surface area contributed by atoms with E-state index in [0.29, 0.717) is 0 Å². The Morgan fingerprint density at radius 3 is 0.878 bits per heavy atom. The SMILES string of the molecule is c1ccc(-c2cccc(-c3ccccc3)c2N(c2ccccc2)c2cc3c4c(c2)N(c2ccccc2)c2ccccc2B4c2cc4c(cc2S3)Sc2cc(N(c3ccccc3)c3c(-c5ccccc5)cccc3-c3ccccc3)cc3c2B4c2ccccc2N3c2ccccc2)cc1. The predicted molar refractivity (Wildman–Crippen MR) is 417 cm³/mol. The highest BCUT2D eigenvalue weighted by Crippen LogP contribution is 2.54. The van der Waals surface area contributed by atoms with Crippen LogP contribution < -0.4 is 52.4 Å². The molecule has 4 aliphatic heterocycles. The molecule has 0 saturated heterocycles. The van der Waals surface area contributed by atoms with Gasteiger partial charge in [0.25, 0.3) is 0 Å². The first-order chi connectivity index (χ1) is 48.7. The lowest BCUT2D eigenvalue weighted by Crippen LogP contribution is -2.63. The van der Waals surface area contributed by atoms with Crippen LogP contribution in [0.25, 0.3) is 44.5 Å². The summed E-state index contributed by atoms with van der Waals surface area (Å²) in [5.74, 6) is 0. The fraction of sp³-hybridized carbons (Fsp3) is 0. The van der Waals surface area contributed by atoms with Crippen molar-refractivity contribution in [2.75, 3.05) is 19.6 Å². The van der Waals surface area contributed by atoms with Crippen LogP contribution in [-0.2, 0) is 0 Å². The van der Waals surface area contributed by atoms with Crippen LogP contribution in [0.5, 0.6) is 0 Å². The lowest BCUT2D eigenvalue weighted by Gasteiger charge is -2.43. The molecular weight excluding hydrogens is 1220 g/mol. The minimum absolute atomic E-state index is 0.0794. The fourth-order valence-electron chi connectivity index (χ4n) is 15.8. The summed E-state index contributed by atoms with van der Waals surface area (Å²) >= 11 is 3.85. The number of rotatable bonds is 12. The van der Waals surface area contributed by atoms with Crippen LogP contribution in [0.4, 0.5) is 68.2 Å². The van der Waals surface area contributed by atoms with E-state index in [1.807, 2.05) is 23.5 Å². The highest BCUT2D eigenvalue weighted by molar-refractivity contribution is 8.01. The first kappa shape index (κ1) is 57.7. The van der Waals surface area contributed by atoms with Crippen LogP contribution in [0.3, 0.4) is 0 Å². The molecule has 0 aromatic heterocycles. The third-order valence-electron chi connectivity index (χ3n) is 19.9. The lowest BCUT2D eigenvalue weighted by molar-refractivity contribution is 1.22. The van der Waals surface area contributed by atoms with Gasteiger partial charge in [0, 0.05) is 98.7 Å². The molecule has 15 aromatic rings. The molecule has 458 valence electrons. The van der Waals surface area contributed by atoms with Gasteiger partial charge in [-0.2, -0.15) is 0 Å². The number of nitrogens with zero attached hydrogens (tertiary/aromatic N) is 4. The summed E-state index contributed by atoms with van der Waals surface area (Å²) in [4.78, 5) is 15.1. The van der Waals surface area contributed by atoms with E-state index in [1.54, 1.807) is 0 Å². The number of hydrogen-bond acceptors (Lipinski definition) is 6. The molecule has 0 N–H and O–H groups in total. The van der Waals surface area contributed by atoms with Crippen LogP contribution in [0, 0.1) is 0 Å². The molecule has 0 amide bonds. The average molecular weight is 1280 g/mol. The Hall–Kier alpha value is -11.7. The molecule has 0 unspecified atom stereocenters. The van der Waals surface area contributed by atoms with E-state index in [2.05, 4.69) is 384 Å². The first-order valence-corrected chi connectivity index (χ1v) is 35.3. The zero-order chi connectivity index (χ0) is 64.6. The Kier molecular flexibility index (Phi) is 14.3. The minimum Gasteiger partial charge on any atom is -0.311 e. The monoisotopic (exact) mass is 1280 g/mol. The van der Waals surface area contributed by atoms with Gasteiger partial charge in [0.2, 0.25) is 13.4 Å². The molecule has 4 nitrogen and oxygen atoms in total. The molecule has 0 bridgehead atoms. The summed E-state index contributed by atoms with van der Waals surface area (Å²) in [6.07, 6.45) is 0. The molecule has 0 spiro atoms. The minimum atomic E-state index is -0.0794. The van der Waals surface area contributed by atoms with Gasteiger partial charge in [-0.1, -0.05) is 307 Å². The second-order valence-electron chi connectivity index (χ2n) is 25.4. The third-order valence-corrected chi connectivity index (χ3v) is 22.1. The fourth-order valence-corrected chi connectivity index (χ4v) is 18.3. The van der Waals surface area contributed by atoms with Crippen molar-refractivity contribution >= 4 is 138 Å². The van der Waals surface area contributed by atoms with Gasteiger partial charge in [0.1, 0.15) is 0 Å². The summed E-state index contributed by atoms with van der Waals surface area (Å²) in [6, 6.07) is 135. The van der Waals surface area contributed by atoms with Gasteiger partial charge < -0.3 is 19.6 Å². The molecule has 98 heavy (non-hydrogen) atoms. The summed E-state index contributed by atoms with van der Waals surface area (Å²) in [5.41, 5.74) is 30.6. The van der Waals surface area contributed by atoms with Crippen LogP contribution in [0.1, 0.15) is 0 Å². The van der Waals surface area contributed by atoms with Crippen LogP contribution in [-0.4, -0.2) is 13.4 Å². The van der Waals surface area contributed by atoms with Gasteiger partial charge >= 0.3 is 0 Å². The standard InChI is InChI=1S/C90H60B2N4S2/c1-9-31-61(32-10-1)71-47-29-48-72(62-33-11-2-12-34-62)89(71)93(65-39-17-5-18-40-65)69-55-81-87-85(57-69)97-83-60-84-78(59-77(83)91(87)75-51-25-27-53-79(75)95(81)67-43-21-7-22-44-67)92-76-52-26-28-54-80(76)96(68-45-23-8-24-46-68)82-56-70(58-86(98-84)88(82)92)94(66-41-19-6-20-42-66)90-73(63-35-13-3-14-36-63)49-30-50-74(90)64-37-15-4-16-38-64/h1-60H. The summed E-state index contributed by atoms with van der Waals surface area (Å²) in [5, 5.41) is 0. The Morgan fingerprint density at radius 2 is 0.531 bits per heavy atom. The topological polar surface area (TPSA) is 13.0 Å². The second-order valence-corrected chi connectivity index (χ2v) is 27.6. The maximum Gasteiger partial charge on any atom is 0.249 e. The van der Waals surface area contributed by atoms with E-state index < -0.39 is 0 Å². The molecule has 19 rings (SSSR count). The van der Waals surface area contributed by atoms with E-state index in [9.17, 15) is 0 Å². The van der Waals surface area contributed by atoms with Crippen LogP contribution in [0.15, 0.2) is 384 Å². The number of fused-ring (bicyclic) bond motifs is 8. The van der Waals surface area contributed by atoms with Gasteiger partial charge in [0.15, 0.2) is 0 Å². The number of hydrogen-bond donors (Lipinski definition) is 0. The highest BCUT2D eigenvalue weighted by atomic mass is 32.2. The summed E-state index contributed by atoms with van der Waals surface area (Å²) < 4.78 is 0. The molecule has 0 atom stereocenters. The number of para-hydroxylation sites is 8. The van der Waals surface area contributed by atoms with Crippen LogP contribution >= 0.6 is 23.5 Å². The van der Waals surface area contributed by atoms with Crippen molar-refractivity contribution in [1.82, 2.24) is 0 Å². The number of anilines is 12. The largest absolute Gasteiger partial charge is 0.311 e. The molecule has 0 radical (unpaired) electrons. The predicted octanol–water partition coefficient (Wildman–Crippen LogP) is 20.8. The maximum absolute atomic E-state index is 2.64. The van der Waals surface area contributed by atoms with Crippen molar-refractivity contribution in [3.05, 3.63) is 364 Å². The van der Waals surface area contributed by atoms with Crippen molar-refractivity contribution < 1.29 is 0 Å². The third kappa shape index (κ3) is 9.65. The zero-order valence-corrected chi connectivity index (χ0v) is 55.0. The molecule has 0 saturated carbocycles. The normalized spacial score (nSPS) is 12.7. The summed E-state index contributed by atoms with van der Waals surface area (Å²) in [6.45, 7) is -0.159. The smallest absolute Gasteiger partial charge is 0.249 e. The van der Waals surface area contributed by atoms with Gasteiger partial charge in [-0.05, 0) is 135 Å². The van der Waals surface area contributed by atoms with E-state index in [-0.39, 0.29) is 13.4 Å². The van der Waals surface area contributed by atoms with Crippen molar-refractivity contribution in [2.24, 2.45) is 0 Å². The van der Waals surface area contributed by atoms with E-state index in [4.69, 9.17) is 0 Å². The van der Waals surface area contributed by atoms with E-state index in [0.717, 1.165) is 90.0 Å². The molecular formula is C90H60B2N4S2.